The molecule has 0 aromatic carbocycles. The van der Waals surface area contributed by atoms with Crippen LogP contribution in [0.4, 0.5) is 0 Å². The third kappa shape index (κ3) is 2.81. The Balaban J connectivity index is 2.19. The summed E-state index contributed by atoms with van der Waals surface area (Å²) in [5, 5.41) is 2.86. The number of amides is 1. The smallest absolute Gasteiger partial charge is 0.262 e. The van der Waals surface area contributed by atoms with E-state index in [0.717, 1.165) is 30.6 Å². The highest BCUT2D eigenvalue weighted by molar-refractivity contribution is 8.13. The van der Waals surface area contributed by atoms with Gasteiger partial charge in [-0.2, -0.15) is 0 Å². The zero-order valence-electron chi connectivity index (χ0n) is 9.20. The number of halogens is 1. The van der Waals surface area contributed by atoms with Gasteiger partial charge in [0.1, 0.15) is 0 Å². The highest BCUT2D eigenvalue weighted by Crippen LogP contribution is 2.28. The van der Waals surface area contributed by atoms with Crippen LogP contribution in [-0.4, -0.2) is 20.4 Å². The highest BCUT2D eigenvalue weighted by atomic mass is 35.7. The summed E-state index contributed by atoms with van der Waals surface area (Å²) < 4.78 is 22.4. The quantitative estimate of drug-likeness (QED) is 0.870. The minimum absolute atomic E-state index is 0.0305. The lowest BCUT2D eigenvalue weighted by Crippen LogP contribution is -2.39. The van der Waals surface area contributed by atoms with Gasteiger partial charge in [-0.3, -0.25) is 4.79 Å². The van der Waals surface area contributed by atoms with E-state index in [4.69, 9.17) is 10.7 Å². The molecule has 1 N–H and O–H groups in total. The van der Waals surface area contributed by atoms with Crippen LogP contribution >= 0.6 is 22.0 Å². The SMILES string of the molecule is Cc1sc(C(=O)NC2CCC2)cc1S(=O)(=O)Cl. The average Bonchev–Trinajstić information content (AvgIpc) is 2.53. The number of thiophene rings is 1. The number of nitrogens with one attached hydrogen (secondary N) is 1. The monoisotopic (exact) mass is 293 g/mol. The summed E-state index contributed by atoms with van der Waals surface area (Å²) in [5.41, 5.74) is 0. The number of hydrogen-bond acceptors (Lipinski definition) is 4. The van der Waals surface area contributed by atoms with Crippen LogP contribution in [0.5, 0.6) is 0 Å². The molecule has 0 bridgehead atoms. The fourth-order valence-electron chi connectivity index (χ4n) is 1.63. The van der Waals surface area contributed by atoms with Crippen molar-refractivity contribution >= 4 is 37.0 Å². The zero-order valence-corrected chi connectivity index (χ0v) is 11.6. The van der Waals surface area contributed by atoms with E-state index in [9.17, 15) is 13.2 Å². The van der Waals surface area contributed by atoms with Gasteiger partial charge in [0.25, 0.3) is 15.0 Å². The first kappa shape index (κ1) is 12.9. The molecule has 1 aromatic rings. The van der Waals surface area contributed by atoms with Crippen LogP contribution in [0.1, 0.15) is 33.8 Å². The molecule has 7 heteroatoms. The molecule has 0 unspecified atom stereocenters. The van der Waals surface area contributed by atoms with Crippen molar-refractivity contribution in [3.05, 3.63) is 15.8 Å². The van der Waals surface area contributed by atoms with E-state index in [2.05, 4.69) is 5.32 Å². The second-order valence-corrected chi connectivity index (χ2v) is 7.86. The second kappa shape index (κ2) is 4.59. The van der Waals surface area contributed by atoms with Gasteiger partial charge in [-0.15, -0.1) is 11.3 Å². The van der Waals surface area contributed by atoms with Crippen molar-refractivity contribution in [1.82, 2.24) is 5.32 Å². The molecule has 0 aliphatic heterocycles. The predicted octanol–water partition coefficient (Wildman–Crippen LogP) is 2.27. The molecule has 0 radical (unpaired) electrons. The minimum atomic E-state index is -3.76. The van der Waals surface area contributed by atoms with E-state index in [1.807, 2.05) is 0 Å². The Hall–Kier alpha value is -0.590. The summed E-state index contributed by atoms with van der Waals surface area (Å²) in [7, 11) is 1.51. The first-order chi connectivity index (χ1) is 7.88. The summed E-state index contributed by atoms with van der Waals surface area (Å²) in [5.74, 6) is -0.214. The van der Waals surface area contributed by atoms with Crippen molar-refractivity contribution in [2.45, 2.75) is 37.1 Å². The van der Waals surface area contributed by atoms with E-state index in [-0.39, 0.29) is 16.8 Å². The van der Waals surface area contributed by atoms with Crippen LogP contribution in [0.15, 0.2) is 11.0 Å². The Bertz CT molecular complexity index is 546. The average molecular weight is 294 g/mol. The summed E-state index contributed by atoms with van der Waals surface area (Å²) in [6.07, 6.45) is 3.13. The van der Waals surface area contributed by atoms with Gasteiger partial charge >= 0.3 is 0 Å². The lowest BCUT2D eigenvalue weighted by atomic mass is 9.93. The van der Waals surface area contributed by atoms with Crippen molar-refractivity contribution in [2.75, 3.05) is 0 Å². The molecule has 1 aromatic heterocycles. The Morgan fingerprint density at radius 3 is 2.59 bits per heavy atom. The fourth-order valence-corrected chi connectivity index (χ4v) is 4.19. The standard InChI is InChI=1S/C10H12ClNO3S2/c1-6-9(17(11,14)15)5-8(16-6)10(13)12-7-3-2-4-7/h5,7H,2-4H2,1H3,(H,12,13). The van der Waals surface area contributed by atoms with Crippen molar-refractivity contribution in [1.29, 1.82) is 0 Å². The third-order valence-corrected chi connectivity index (χ3v) is 5.43. The second-order valence-electron chi connectivity index (χ2n) is 4.07. The van der Waals surface area contributed by atoms with Crippen molar-refractivity contribution in [3.8, 4) is 0 Å². The number of aryl methyl sites for hydroxylation is 1. The molecule has 1 amide bonds. The summed E-state index contributed by atoms with van der Waals surface area (Å²) in [6, 6.07) is 1.58. The molecule has 1 aliphatic rings. The molecular weight excluding hydrogens is 282 g/mol. The minimum Gasteiger partial charge on any atom is -0.349 e. The maximum Gasteiger partial charge on any atom is 0.262 e. The van der Waals surface area contributed by atoms with Gasteiger partial charge in [0.2, 0.25) is 0 Å². The lowest BCUT2D eigenvalue weighted by Gasteiger charge is -2.25. The van der Waals surface area contributed by atoms with Gasteiger partial charge in [0, 0.05) is 21.6 Å². The third-order valence-electron chi connectivity index (χ3n) is 2.80. The molecule has 1 heterocycles. The number of carbonyl (C=O) groups excluding carboxylic acids is 1. The van der Waals surface area contributed by atoms with Gasteiger partial charge in [0.15, 0.2) is 0 Å². The molecule has 4 nitrogen and oxygen atoms in total. The topological polar surface area (TPSA) is 63.2 Å². The van der Waals surface area contributed by atoms with Crippen LogP contribution in [-0.2, 0) is 9.05 Å². The van der Waals surface area contributed by atoms with Gasteiger partial charge in [-0.1, -0.05) is 0 Å². The summed E-state index contributed by atoms with van der Waals surface area (Å²) >= 11 is 1.15. The molecule has 17 heavy (non-hydrogen) atoms. The molecule has 0 atom stereocenters. The van der Waals surface area contributed by atoms with E-state index < -0.39 is 9.05 Å². The Morgan fingerprint density at radius 1 is 1.53 bits per heavy atom. The van der Waals surface area contributed by atoms with Gasteiger partial charge in [-0.05, 0) is 32.3 Å². The Morgan fingerprint density at radius 2 is 2.18 bits per heavy atom. The zero-order chi connectivity index (χ0) is 12.6. The van der Waals surface area contributed by atoms with Gasteiger partial charge < -0.3 is 5.32 Å². The van der Waals surface area contributed by atoms with Crippen LogP contribution in [0.25, 0.3) is 0 Å². The number of rotatable bonds is 3. The highest BCUT2D eigenvalue weighted by Gasteiger charge is 2.24. The lowest BCUT2D eigenvalue weighted by molar-refractivity contribution is 0.0921. The van der Waals surface area contributed by atoms with Crippen molar-refractivity contribution in [3.63, 3.8) is 0 Å². The number of hydrogen-bond donors (Lipinski definition) is 1. The van der Waals surface area contributed by atoms with E-state index >= 15 is 0 Å². The van der Waals surface area contributed by atoms with Gasteiger partial charge in [0.05, 0.1) is 9.77 Å². The normalized spacial score (nSPS) is 16.6. The predicted molar refractivity (Wildman–Crippen MR) is 67.2 cm³/mol. The molecule has 0 saturated heterocycles. The maximum absolute atomic E-state index is 11.8. The molecule has 2 rings (SSSR count). The first-order valence-corrected chi connectivity index (χ1v) is 8.36. The Labute approximate surface area is 108 Å². The number of carbonyl (C=O) groups is 1. The van der Waals surface area contributed by atoms with E-state index in [1.54, 1.807) is 6.92 Å². The molecule has 1 aliphatic carbocycles. The Kier molecular flexibility index (Phi) is 3.47. The van der Waals surface area contributed by atoms with E-state index in [1.165, 1.54) is 6.07 Å². The van der Waals surface area contributed by atoms with Gasteiger partial charge in [-0.25, -0.2) is 8.42 Å². The largest absolute Gasteiger partial charge is 0.349 e. The fraction of sp³-hybridized carbons (Fsp3) is 0.500. The van der Waals surface area contributed by atoms with Crippen molar-refractivity contribution in [2.24, 2.45) is 0 Å². The maximum atomic E-state index is 11.8. The molecule has 1 saturated carbocycles. The van der Waals surface area contributed by atoms with Crippen LogP contribution in [0.3, 0.4) is 0 Å². The molecule has 0 spiro atoms. The van der Waals surface area contributed by atoms with Crippen LogP contribution < -0.4 is 5.32 Å². The summed E-state index contributed by atoms with van der Waals surface area (Å²) in [6.45, 7) is 1.64. The van der Waals surface area contributed by atoms with Crippen LogP contribution in [0.2, 0.25) is 0 Å². The van der Waals surface area contributed by atoms with Crippen LogP contribution in [0, 0.1) is 6.92 Å². The molecule has 94 valence electrons. The molecular formula is C10H12ClNO3S2. The first-order valence-electron chi connectivity index (χ1n) is 5.24. The molecule has 1 fully saturated rings. The van der Waals surface area contributed by atoms with Crippen molar-refractivity contribution < 1.29 is 13.2 Å². The summed E-state index contributed by atoms with van der Waals surface area (Å²) in [4.78, 5) is 12.8. The van der Waals surface area contributed by atoms with E-state index in [0.29, 0.717) is 9.75 Å².